The van der Waals surface area contributed by atoms with Crippen molar-refractivity contribution < 1.29 is 14.0 Å². The fourth-order valence-electron chi connectivity index (χ4n) is 1.58. The van der Waals surface area contributed by atoms with Crippen LogP contribution in [0.5, 0.6) is 0 Å². The number of halogens is 1. The van der Waals surface area contributed by atoms with E-state index in [1.807, 2.05) is 13.8 Å². The summed E-state index contributed by atoms with van der Waals surface area (Å²) < 4.78 is 4.87. The Hall–Kier alpha value is -2.27. The molecule has 0 aliphatic rings. The minimum Gasteiger partial charge on any atom is -0.452 e. The number of hydrogen-bond donors (Lipinski definition) is 2. The molecule has 1 aromatic carbocycles. The van der Waals surface area contributed by atoms with E-state index in [9.17, 15) is 9.59 Å². The first-order valence-electron chi connectivity index (χ1n) is 6.42. The lowest BCUT2D eigenvalue weighted by molar-refractivity contribution is -0.118. The first-order valence-corrected chi connectivity index (χ1v) is 6.80. The molecule has 0 bridgehead atoms. The van der Waals surface area contributed by atoms with Gasteiger partial charge in [0.05, 0.1) is 11.8 Å². The van der Waals surface area contributed by atoms with Crippen LogP contribution >= 0.6 is 11.6 Å². The molecule has 0 spiro atoms. The summed E-state index contributed by atoms with van der Waals surface area (Å²) in [5.74, 6) is -0.503. The van der Waals surface area contributed by atoms with Gasteiger partial charge in [-0.25, -0.2) is 0 Å². The third-order valence-corrected chi connectivity index (χ3v) is 3.09. The van der Waals surface area contributed by atoms with Crippen molar-refractivity contribution in [1.82, 2.24) is 0 Å². The number of carbonyl (C=O) groups is 2. The standard InChI is InChI=1S/C15H15ClN2O3/c1-9(2)14(19)17-10-3-5-11(6-4-10)18-15(20)12-7-8-21-13(12)16/h3-9H,1-2H3,(H,17,19)(H,18,20). The zero-order chi connectivity index (χ0) is 15.4. The second-order valence-corrected chi connectivity index (χ2v) is 5.13. The van der Waals surface area contributed by atoms with Gasteiger partial charge in [0.2, 0.25) is 11.1 Å². The SMILES string of the molecule is CC(C)C(=O)Nc1ccc(NC(=O)c2ccoc2Cl)cc1. The van der Waals surface area contributed by atoms with Crippen molar-refractivity contribution in [3.63, 3.8) is 0 Å². The smallest absolute Gasteiger partial charge is 0.260 e. The van der Waals surface area contributed by atoms with Gasteiger partial charge in [-0.1, -0.05) is 13.8 Å². The van der Waals surface area contributed by atoms with Crippen LogP contribution in [0, 0.1) is 5.92 Å². The van der Waals surface area contributed by atoms with Crippen LogP contribution in [0.1, 0.15) is 24.2 Å². The van der Waals surface area contributed by atoms with Crippen molar-refractivity contribution in [3.05, 3.63) is 47.4 Å². The second kappa shape index (κ2) is 6.45. The monoisotopic (exact) mass is 306 g/mol. The Bertz CT molecular complexity index is 647. The van der Waals surface area contributed by atoms with Gasteiger partial charge in [-0.05, 0) is 41.9 Å². The molecule has 110 valence electrons. The summed E-state index contributed by atoms with van der Waals surface area (Å²) >= 11 is 5.74. The molecule has 0 saturated carbocycles. The van der Waals surface area contributed by atoms with Crippen LogP contribution in [-0.2, 0) is 4.79 Å². The maximum atomic E-state index is 11.9. The minimum absolute atomic E-state index is 0.0494. The molecule has 2 rings (SSSR count). The molecule has 0 atom stereocenters. The number of hydrogen-bond acceptors (Lipinski definition) is 3. The van der Waals surface area contributed by atoms with Gasteiger partial charge in [-0.2, -0.15) is 0 Å². The number of anilines is 2. The van der Waals surface area contributed by atoms with Gasteiger partial charge in [0.1, 0.15) is 0 Å². The number of furan rings is 1. The number of rotatable bonds is 4. The zero-order valence-electron chi connectivity index (χ0n) is 11.6. The van der Waals surface area contributed by atoms with E-state index in [0.717, 1.165) is 0 Å². The van der Waals surface area contributed by atoms with Gasteiger partial charge < -0.3 is 15.1 Å². The molecule has 0 fully saturated rings. The molecule has 0 saturated heterocycles. The molecule has 6 heteroatoms. The maximum absolute atomic E-state index is 11.9. The predicted octanol–water partition coefficient (Wildman–Crippen LogP) is 3.78. The average molecular weight is 307 g/mol. The van der Waals surface area contributed by atoms with Gasteiger partial charge in [0, 0.05) is 17.3 Å². The van der Waals surface area contributed by atoms with E-state index in [-0.39, 0.29) is 28.5 Å². The summed E-state index contributed by atoms with van der Waals surface area (Å²) in [5, 5.41) is 5.51. The largest absolute Gasteiger partial charge is 0.452 e. The molecule has 2 amide bonds. The van der Waals surface area contributed by atoms with Crippen LogP contribution in [0.4, 0.5) is 11.4 Å². The summed E-state index contributed by atoms with van der Waals surface area (Å²) in [5.41, 5.74) is 1.54. The number of amides is 2. The second-order valence-electron chi connectivity index (χ2n) is 4.78. The van der Waals surface area contributed by atoms with E-state index >= 15 is 0 Å². The van der Waals surface area contributed by atoms with Crippen LogP contribution in [0.15, 0.2) is 41.0 Å². The summed E-state index contributed by atoms with van der Waals surface area (Å²) in [4.78, 5) is 23.5. The Labute approximate surface area is 127 Å². The molecule has 2 aromatic rings. The van der Waals surface area contributed by atoms with E-state index in [0.29, 0.717) is 11.4 Å². The van der Waals surface area contributed by atoms with Crippen molar-refractivity contribution in [2.45, 2.75) is 13.8 Å². The highest BCUT2D eigenvalue weighted by molar-refractivity contribution is 6.32. The van der Waals surface area contributed by atoms with E-state index in [1.54, 1.807) is 24.3 Å². The highest BCUT2D eigenvalue weighted by Crippen LogP contribution is 2.19. The highest BCUT2D eigenvalue weighted by atomic mass is 35.5. The fraction of sp³-hybridized carbons (Fsp3) is 0.200. The van der Waals surface area contributed by atoms with Crippen LogP contribution in [0.2, 0.25) is 5.22 Å². The number of nitrogens with one attached hydrogen (secondary N) is 2. The molecule has 21 heavy (non-hydrogen) atoms. The Morgan fingerprint density at radius 2 is 1.62 bits per heavy atom. The van der Waals surface area contributed by atoms with Gasteiger partial charge in [-0.3, -0.25) is 9.59 Å². The van der Waals surface area contributed by atoms with Gasteiger partial charge >= 0.3 is 0 Å². The first-order chi connectivity index (χ1) is 9.97. The van der Waals surface area contributed by atoms with Crippen LogP contribution in [0.25, 0.3) is 0 Å². The van der Waals surface area contributed by atoms with E-state index in [2.05, 4.69) is 10.6 Å². The predicted molar refractivity (Wildman–Crippen MR) is 81.6 cm³/mol. The summed E-state index contributed by atoms with van der Waals surface area (Å²) in [6.07, 6.45) is 1.35. The molecule has 1 aromatic heterocycles. The van der Waals surface area contributed by atoms with E-state index < -0.39 is 0 Å². The van der Waals surface area contributed by atoms with Crippen LogP contribution in [-0.4, -0.2) is 11.8 Å². The molecular formula is C15H15ClN2O3. The molecule has 1 heterocycles. The normalized spacial score (nSPS) is 10.5. The topological polar surface area (TPSA) is 71.3 Å². The Morgan fingerprint density at radius 1 is 1.05 bits per heavy atom. The molecule has 2 N–H and O–H groups in total. The minimum atomic E-state index is -0.354. The Morgan fingerprint density at radius 3 is 2.10 bits per heavy atom. The lowest BCUT2D eigenvalue weighted by Crippen LogP contribution is -2.17. The summed E-state index contributed by atoms with van der Waals surface area (Å²) in [6.45, 7) is 3.64. The third kappa shape index (κ3) is 3.86. The number of carbonyl (C=O) groups excluding carboxylic acids is 2. The van der Waals surface area contributed by atoms with Crippen LogP contribution < -0.4 is 10.6 Å². The molecule has 5 nitrogen and oxygen atoms in total. The molecule has 0 aliphatic carbocycles. The molecular weight excluding hydrogens is 292 g/mol. The van der Waals surface area contributed by atoms with Crippen molar-refractivity contribution >= 4 is 34.8 Å². The average Bonchev–Trinajstić information content (AvgIpc) is 2.87. The third-order valence-electron chi connectivity index (χ3n) is 2.80. The highest BCUT2D eigenvalue weighted by Gasteiger charge is 2.13. The van der Waals surface area contributed by atoms with Gasteiger partial charge in [0.15, 0.2) is 0 Å². The maximum Gasteiger partial charge on any atom is 0.260 e. The van der Waals surface area contributed by atoms with E-state index in [1.165, 1.54) is 12.3 Å². The molecule has 0 aliphatic heterocycles. The van der Waals surface area contributed by atoms with Crippen LogP contribution in [0.3, 0.4) is 0 Å². The zero-order valence-corrected chi connectivity index (χ0v) is 12.4. The van der Waals surface area contributed by atoms with E-state index in [4.69, 9.17) is 16.0 Å². The Kier molecular flexibility index (Phi) is 4.65. The lowest BCUT2D eigenvalue weighted by Gasteiger charge is -2.09. The molecule has 0 unspecified atom stereocenters. The molecule has 0 radical (unpaired) electrons. The van der Waals surface area contributed by atoms with Gasteiger partial charge in [-0.15, -0.1) is 0 Å². The fourth-order valence-corrected chi connectivity index (χ4v) is 1.78. The first kappa shape index (κ1) is 15.1. The lowest BCUT2D eigenvalue weighted by atomic mass is 10.2. The summed E-state index contributed by atoms with van der Waals surface area (Å²) in [6, 6.07) is 8.32. The van der Waals surface area contributed by atoms with Crippen molar-refractivity contribution in [2.75, 3.05) is 10.6 Å². The van der Waals surface area contributed by atoms with Gasteiger partial charge in [0.25, 0.3) is 5.91 Å². The van der Waals surface area contributed by atoms with Crippen molar-refractivity contribution in [2.24, 2.45) is 5.92 Å². The van der Waals surface area contributed by atoms with Crippen molar-refractivity contribution in [3.8, 4) is 0 Å². The Balaban J connectivity index is 2.01. The summed E-state index contributed by atoms with van der Waals surface area (Å²) in [7, 11) is 0. The number of benzene rings is 1. The van der Waals surface area contributed by atoms with Crippen molar-refractivity contribution in [1.29, 1.82) is 0 Å². The quantitative estimate of drug-likeness (QED) is 0.903.